The molecular formula is C20H25N5O2S. The van der Waals surface area contributed by atoms with Crippen LogP contribution in [0.1, 0.15) is 23.9 Å². The smallest absolute Gasteiger partial charge is 0.250 e. The number of nitrogens with zero attached hydrogens (tertiary/aromatic N) is 4. The summed E-state index contributed by atoms with van der Waals surface area (Å²) in [5.74, 6) is 0.0346. The Kier molecular flexibility index (Phi) is 7.00. The molecule has 0 bridgehead atoms. The zero-order chi connectivity index (χ0) is 19.9. The number of hydrazone groups is 1. The van der Waals surface area contributed by atoms with Crippen LogP contribution in [-0.2, 0) is 9.53 Å². The third-order valence-electron chi connectivity index (χ3n) is 4.30. The molecule has 1 aliphatic rings. The molecule has 1 fully saturated rings. The fourth-order valence-electron chi connectivity index (χ4n) is 2.87. The van der Waals surface area contributed by atoms with E-state index in [-0.39, 0.29) is 11.7 Å². The van der Waals surface area contributed by atoms with Crippen LogP contribution in [0.15, 0.2) is 40.6 Å². The molecule has 0 atom stereocenters. The molecule has 8 heteroatoms. The molecule has 1 amide bonds. The van der Waals surface area contributed by atoms with E-state index in [9.17, 15) is 4.79 Å². The first-order valence-corrected chi connectivity index (χ1v) is 10.2. The molecule has 0 saturated carbocycles. The van der Waals surface area contributed by atoms with E-state index in [1.165, 1.54) is 17.4 Å². The third kappa shape index (κ3) is 5.77. The molecule has 2 heterocycles. The minimum Gasteiger partial charge on any atom is -0.378 e. The highest BCUT2D eigenvalue weighted by atomic mass is 32.2. The SMILES string of the molecule is CC(=NNC(=O)CSc1nc(C)cc(C)n1)c1ccc(N2CCOCC2)cc1. The summed E-state index contributed by atoms with van der Waals surface area (Å²) >= 11 is 1.30. The number of carbonyl (C=O) groups is 1. The van der Waals surface area contributed by atoms with E-state index in [2.05, 4.69) is 37.5 Å². The highest BCUT2D eigenvalue weighted by Crippen LogP contribution is 2.17. The molecule has 28 heavy (non-hydrogen) atoms. The molecule has 1 aromatic heterocycles. The number of carbonyl (C=O) groups excluding carboxylic acids is 1. The van der Waals surface area contributed by atoms with Crippen molar-refractivity contribution in [2.24, 2.45) is 5.10 Å². The van der Waals surface area contributed by atoms with Crippen molar-refractivity contribution < 1.29 is 9.53 Å². The van der Waals surface area contributed by atoms with Gasteiger partial charge in [0.25, 0.3) is 5.91 Å². The van der Waals surface area contributed by atoms with Gasteiger partial charge in [0.15, 0.2) is 5.16 Å². The van der Waals surface area contributed by atoms with Crippen molar-refractivity contribution in [3.63, 3.8) is 0 Å². The van der Waals surface area contributed by atoms with Crippen molar-refractivity contribution in [2.75, 3.05) is 37.0 Å². The van der Waals surface area contributed by atoms with Crippen LogP contribution in [0.5, 0.6) is 0 Å². The molecule has 0 spiro atoms. The Morgan fingerprint density at radius 2 is 1.82 bits per heavy atom. The largest absolute Gasteiger partial charge is 0.378 e. The van der Waals surface area contributed by atoms with Gasteiger partial charge in [-0.15, -0.1) is 0 Å². The van der Waals surface area contributed by atoms with E-state index < -0.39 is 0 Å². The number of anilines is 1. The molecule has 1 N–H and O–H groups in total. The predicted molar refractivity (Wildman–Crippen MR) is 112 cm³/mol. The second kappa shape index (κ2) is 9.66. The minimum absolute atomic E-state index is 0.183. The van der Waals surface area contributed by atoms with Crippen molar-refractivity contribution in [2.45, 2.75) is 25.9 Å². The lowest BCUT2D eigenvalue weighted by atomic mass is 10.1. The first kappa shape index (κ1) is 20.3. The molecule has 0 radical (unpaired) electrons. The van der Waals surface area contributed by atoms with Crippen molar-refractivity contribution in [1.29, 1.82) is 0 Å². The Balaban J connectivity index is 1.52. The Bertz CT molecular complexity index is 828. The number of aryl methyl sites for hydroxylation is 2. The van der Waals surface area contributed by atoms with Gasteiger partial charge in [0.2, 0.25) is 0 Å². The fourth-order valence-corrected chi connectivity index (χ4v) is 3.61. The Labute approximate surface area is 169 Å². The highest BCUT2D eigenvalue weighted by molar-refractivity contribution is 7.99. The number of morpholine rings is 1. The number of rotatable bonds is 6. The number of benzene rings is 1. The summed E-state index contributed by atoms with van der Waals surface area (Å²) in [4.78, 5) is 23.0. The van der Waals surface area contributed by atoms with Crippen LogP contribution in [0.25, 0.3) is 0 Å². The Morgan fingerprint density at radius 1 is 1.18 bits per heavy atom. The van der Waals surface area contributed by atoms with Crippen LogP contribution in [0, 0.1) is 13.8 Å². The van der Waals surface area contributed by atoms with Crippen molar-refractivity contribution in [3.05, 3.63) is 47.3 Å². The van der Waals surface area contributed by atoms with E-state index in [1.807, 2.05) is 39.0 Å². The Morgan fingerprint density at radius 3 is 2.46 bits per heavy atom. The lowest BCUT2D eigenvalue weighted by molar-refractivity contribution is -0.118. The molecule has 0 aliphatic carbocycles. The zero-order valence-electron chi connectivity index (χ0n) is 16.4. The van der Waals surface area contributed by atoms with E-state index in [4.69, 9.17) is 4.74 Å². The van der Waals surface area contributed by atoms with Gasteiger partial charge in [0, 0.05) is 30.2 Å². The number of thioether (sulfide) groups is 1. The molecule has 3 rings (SSSR count). The normalized spacial score (nSPS) is 14.8. The van der Waals surface area contributed by atoms with Crippen LogP contribution in [0.2, 0.25) is 0 Å². The molecule has 1 aliphatic heterocycles. The quantitative estimate of drug-likeness (QED) is 0.348. The van der Waals surface area contributed by atoms with E-state index in [1.54, 1.807) is 0 Å². The van der Waals surface area contributed by atoms with Crippen molar-refractivity contribution >= 4 is 29.1 Å². The van der Waals surface area contributed by atoms with Crippen LogP contribution < -0.4 is 10.3 Å². The van der Waals surface area contributed by atoms with Gasteiger partial charge in [-0.2, -0.15) is 5.10 Å². The molecule has 1 aromatic carbocycles. The summed E-state index contributed by atoms with van der Waals surface area (Å²) in [6.45, 7) is 9.05. The van der Waals surface area contributed by atoms with E-state index in [0.717, 1.165) is 49.0 Å². The lowest BCUT2D eigenvalue weighted by Gasteiger charge is -2.28. The monoisotopic (exact) mass is 399 g/mol. The van der Waals surface area contributed by atoms with Crippen LogP contribution in [-0.4, -0.2) is 53.6 Å². The summed E-state index contributed by atoms with van der Waals surface area (Å²) in [6, 6.07) is 10.1. The van der Waals surface area contributed by atoms with E-state index >= 15 is 0 Å². The molecule has 2 aromatic rings. The number of amides is 1. The molecule has 1 saturated heterocycles. The molecule has 148 valence electrons. The van der Waals surface area contributed by atoms with Gasteiger partial charge in [-0.05, 0) is 44.5 Å². The average molecular weight is 400 g/mol. The van der Waals surface area contributed by atoms with Crippen LogP contribution >= 0.6 is 11.8 Å². The van der Waals surface area contributed by atoms with Gasteiger partial charge in [0.1, 0.15) is 0 Å². The maximum atomic E-state index is 12.1. The van der Waals surface area contributed by atoms with Gasteiger partial charge < -0.3 is 9.64 Å². The summed E-state index contributed by atoms with van der Waals surface area (Å²) in [6.07, 6.45) is 0. The molecular weight excluding hydrogens is 374 g/mol. The first-order valence-electron chi connectivity index (χ1n) is 9.22. The number of hydrogen-bond donors (Lipinski definition) is 1. The van der Waals surface area contributed by atoms with Gasteiger partial charge >= 0.3 is 0 Å². The summed E-state index contributed by atoms with van der Waals surface area (Å²) in [7, 11) is 0. The lowest BCUT2D eigenvalue weighted by Crippen LogP contribution is -2.36. The maximum absolute atomic E-state index is 12.1. The maximum Gasteiger partial charge on any atom is 0.250 e. The zero-order valence-corrected chi connectivity index (χ0v) is 17.3. The summed E-state index contributed by atoms with van der Waals surface area (Å²) < 4.78 is 5.39. The van der Waals surface area contributed by atoms with E-state index in [0.29, 0.717) is 5.16 Å². The summed E-state index contributed by atoms with van der Waals surface area (Å²) in [5.41, 5.74) is 7.30. The van der Waals surface area contributed by atoms with Gasteiger partial charge in [-0.3, -0.25) is 4.79 Å². The van der Waals surface area contributed by atoms with Crippen molar-refractivity contribution in [3.8, 4) is 0 Å². The Hall–Kier alpha value is -2.45. The number of ether oxygens (including phenoxy) is 1. The highest BCUT2D eigenvalue weighted by Gasteiger charge is 2.11. The molecule has 7 nitrogen and oxygen atoms in total. The third-order valence-corrected chi connectivity index (χ3v) is 5.15. The second-order valence-electron chi connectivity index (χ2n) is 6.60. The fraction of sp³-hybridized carbons (Fsp3) is 0.400. The van der Waals surface area contributed by atoms with Gasteiger partial charge in [-0.1, -0.05) is 23.9 Å². The number of nitrogens with one attached hydrogen (secondary N) is 1. The topological polar surface area (TPSA) is 79.7 Å². The van der Waals surface area contributed by atoms with Gasteiger partial charge in [0.05, 0.1) is 24.7 Å². The van der Waals surface area contributed by atoms with Crippen molar-refractivity contribution in [1.82, 2.24) is 15.4 Å². The van der Waals surface area contributed by atoms with Crippen LogP contribution in [0.3, 0.4) is 0 Å². The average Bonchev–Trinajstić information content (AvgIpc) is 2.70. The van der Waals surface area contributed by atoms with Crippen LogP contribution in [0.4, 0.5) is 5.69 Å². The summed E-state index contributed by atoms with van der Waals surface area (Å²) in [5, 5.41) is 4.82. The second-order valence-corrected chi connectivity index (χ2v) is 7.54. The number of aromatic nitrogens is 2. The van der Waals surface area contributed by atoms with Gasteiger partial charge in [-0.25, -0.2) is 15.4 Å². The predicted octanol–water partition coefficient (Wildman–Crippen LogP) is 2.56. The molecule has 0 unspecified atom stereocenters. The number of hydrogen-bond acceptors (Lipinski definition) is 7. The standard InChI is InChI=1S/C20H25N5O2S/c1-14-12-15(2)22-20(21-14)28-13-19(26)24-23-16(3)17-4-6-18(7-5-17)25-8-10-27-11-9-25/h4-7,12H,8-11,13H2,1-3H3,(H,24,26). The minimum atomic E-state index is -0.183. The first-order chi connectivity index (χ1) is 13.5.